The van der Waals surface area contributed by atoms with Gasteiger partial charge in [-0.15, -0.1) is 0 Å². The van der Waals surface area contributed by atoms with Crippen molar-refractivity contribution >= 4 is 17.5 Å². The maximum atomic E-state index is 13.1. The van der Waals surface area contributed by atoms with E-state index < -0.39 is 0 Å². The van der Waals surface area contributed by atoms with Gasteiger partial charge in [0.05, 0.1) is 0 Å². The summed E-state index contributed by atoms with van der Waals surface area (Å²) in [6.45, 7) is 2.79. The monoisotopic (exact) mass is 253 g/mol. The first-order valence-corrected chi connectivity index (χ1v) is 6.93. The van der Waals surface area contributed by atoms with Crippen molar-refractivity contribution < 1.29 is 9.18 Å². The Morgan fingerprint density at radius 1 is 1.59 bits per heavy atom. The molecule has 4 heteroatoms. The van der Waals surface area contributed by atoms with Crippen molar-refractivity contribution in [1.82, 2.24) is 5.32 Å². The molecule has 1 fully saturated rings. The van der Waals surface area contributed by atoms with Crippen molar-refractivity contribution in [3.05, 3.63) is 35.1 Å². The third-order valence-electron chi connectivity index (χ3n) is 2.93. The molecule has 0 aromatic heterocycles. The van der Waals surface area contributed by atoms with Gasteiger partial charge >= 0.3 is 0 Å². The number of thioether (sulfide) groups is 1. The molecule has 0 radical (unpaired) electrons. The van der Waals surface area contributed by atoms with E-state index in [4.69, 9.17) is 0 Å². The largest absolute Gasteiger partial charge is 0.312 e. The molecule has 17 heavy (non-hydrogen) atoms. The van der Waals surface area contributed by atoms with Crippen LogP contribution < -0.4 is 5.32 Å². The second-order valence-electron chi connectivity index (χ2n) is 4.31. The van der Waals surface area contributed by atoms with Crippen LogP contribution in [0, 0.1) is 12.7 Å². The van der Waals surface area contributed by atoms with E-state index in [0.717, 1.165) is 23.6 Å². The van der Waals surface area contributed by atoms with Crippen LogP contribution in [0.5, 0.6) is 0 Å². The first-order chi connectivity index (χ1) is 8.16. The van der Waals surface area contributed by atoms with Crippen LogP contribution in [0.2, 0.25) is 0 Å². The minimum Gasteiger partial charge on any atom is -0.312 e. The van der Waals surface area contributed by atoms with Crippen LogP contribution in [0.1, 0.15) is 22.3 Å². The van der Waals surface area contributed by atoms with Crippen molar-refractivity contribution in [3.8, 4) is 0 Å². The van der Waals surface area contributed by atoms with Gasteiger partial charge in [-0.1, -0.05) is 6.07 Å². The number of rotatable bonds is 3. The zero-order valence-electron chi connectivity index (χ0n) is 9.83. The van der Waals surface area contributed by atoms with Crippen LogP contribution in [0.4, 0.5) is 4.39 Å². The molecule has 0 amide bonds. The van der Waals surface area contributed by atoms with Gasteiger partial charge in [-0.3, -0.25) is 4.79 Å². The molecule has 0 saturated carbocycles. The summed E-state index contributed by atoms with van der Waals surface area (Å²) >= 11 is 1.86. The first kappa shape index (κ1) is 12.6. The molecule has 2 rings (SSSR count). The van der Waals surface area contributed by atoms with Crippen molar-refractivity contribution in [2.24, 2.45) is 0 Å². The maximum absolute atomic E-state index is 13.1. The smallest absolute Gasteiger partial charge is 0.164 e. The third kappa shape index (κ3) is 3.30. The Hall–Kier alpha value is -0.870. The molecule has 1 aromatic rings. The molecule has 1 unspecified atom stereocenters. The Labute approximate surface area is 105 Å². The van der Waals surface area contributed by atoms with Crippen LogP contribution in [-0.2, 0) is 0 Å². The van der Waals surface area contributed by atoms with E-state index in [2.05, 4.69) is 5.32 Å². The SMILES string of the molecule is Cc1ccc(F)cc1C(=O)CC1CSCCN1. The first-order valence-electron chi connectivity index (χ1n) is 5.77. The van der Waals surface area contributed by atoms with Crippen LogP contribution in [0.3, 0.4) is 0 Å². The fourth-order valence-corrected chi connectivity index (χ4v) is 2.93. The third-order valence-corrected chi connectivity index (χ3v) is 4.06. The molecule has 0 spiro atoms. The topological polar surface area (TPSA) is 29.1 Å². The minimum absolute atomic E-state index is 0.0296. The van der Waals surface area contributed by atoms with Gasteiger partial charge in [0.1, 0.15) is 5.82 Å². The highest BCUT2D eigenvalue weighted by Crippen LogP contribution is 2.16. The van der Waals surface area contributed by atoms with E-state index in [-0.39, 0.29) is 17.6 Å². The molecule has 1 aliphatic rings. The second-order valence-corrected chi connectivity index (χ2v) is 5.46. The van der Waals surface area contributed by atoms with E-state index in [1.165, 1.54) is 12.1 Å². The van der Waals surface area contributed by atoms with E-state index >= 15 is 0 Å². The Balaban J connectivity index is 2.05. The molecular formula is C13H16FNOS. The average molecular weight is 253 g/mol. The number of benzene rings is 1. The molecule has 1 atom stereocenters. The quantitative estimate of drug-likeness (QED) is 0.839. The Kier molecular flexibility index (Phi) is 4.18. The number of aryl methyl sites for hydroxylation is 1. The normalized spacial score (nSPS) is 20.2. The van der Waals surface area contributed by atoms with E-state index in [9.17, 15) is 9.18 Å². The van der Waals surface area contributed by atoms with Crippen LogP contribution in [0.15, 0.2) is 18.2 Å². The number of carbonyl (C=O) groups is 1. The lowest BCUT2D eigenvalue weighted by molar-refractivity contribution is 0.0971. The van der Waals surface area contributed by atoms with Crippen LogP contribution in [-0.4, -0.2) is 29.9 Å². The Bertz CT molecular complexity index is 416. The van der Waals surface area contributed by atoms with E-state index in [1.54, 1.807) is 6.07 Å². The number of halogens is 1. The summed E-state index contributed by atoms with van der Waals surface area (Å²) in [6, 6.07) is 4.61. The average Bonchev–Trinajstić information content (AvgIpc) is 2.33. The predicted octanol–water partition coefficient (Wildman–Crippen LogP) is 2.41. The molecular weight excluding hydrogens is 237 g/mol. The van der Waals surface area contributed by atoms with Crippen molar-refractivity contribution in [3.63, 3.8) is 0 Å². The summed E-state index contributed by atoms with van der Waals surface area (Å²) in [7, 11) is 0. The van der Waals surface area contributed by atoms with Gasteiger partial charge in [0.25, 0.3) is 0 Å². The minimum atomic E-state index is -0.343. The molecule has 1 heterocycles. The summed E-state index contributed by atoms with van der Waals surface area (Å²) in [5.41, 5.74) is 1.36. The van der Waals surface area contributed by atoms with Gasteiger partial charge < -0.3 is 5.32 Å². The summed E-state index contributed by atoms with van der Waals surface area (Å²) in [5.74, 6) is 1.75. The fourth-order valence-electron chi connectivity index (χ4n) is 1.98. The van der Waals surface area contributed by atoms with Gasteiger partial charge in [-0.25, -0.2) is 4.39 Å². The molecule has 0 aliphatic carbocycles. The standard InChI is InChI=1S/C13H16FNOS/c1-9-2-3-10(14)6-12(9)13(16)7-11-8-17-5-4-15-11/h2-3,6,11,15H,4-5,7-8H2,1H3. The van der Waals surface area contributed by atoms with Crippen molar-refractivity contribution in [2.45, 2.75) is 19.4 Å². The molecule has 1 aliphatic heterocycles. The number of ketones is 1. The van der Waals surface area contributed by atoms with Gasteiger partial charge in [-0.2, -0.15) is 11.8 Å². The molecule has 0 bridgehead atoms. The molecule has 1 aromatic carbocycles. The number of carbonyl (C=O) groups excluding carboxylic acids is 1. The number of nitrogens with one attached hydrogen (secondary N) is 1. The summed E-state index contributed by atoms with van der Waals surface area (Å²) in [5, 5.41) is 3.32. The summed E-state index contributed by atoms with van der Waals surface area (Å²) in [4.78, 5) is 12.1. The Morgan fingerprint density at radius 3 is 3.12 bits per heavy atom. The lowest BCUT2D eigenvalue weighted by atomic mass is 10.00. The van der Waals surface area contributed by atoms with Gasteiger partial charge in [0.15, 0.2) is 5.78 Å². The van der Waals surface area contributed by atoms with Gasteiger partial charge in [0.2, 0.25) is 0 Å². The number of Topliss-reactive ketones (excluding diaryl/α,β-unsaturated/α-hetero) is 1. The number of hydrogen-bond donors (Lipinski definition) is 1. The summed E-state index contributed by atoms with van der Waals surface area (Å²) in [6.07, 6.45) is 0.456. The van der Waals surface area contributed by atoms with Gasteiger partial charge in [0, 0.05) is 36.1 Å². The highest BCUT2D eigenvalue weighted by atomic mass is 32.2. The molecule has 1 saturated heterocycles. The second kappa shape index (κ2) is 5.65. The molecule has 2 nitrogen and oxygen atoms in total. The van der Waals surface area contributed by atoms with Crippen LogP contribution in [0.25, 0.3) is 0 Å². The predicted molar refractivity (Wildman–Crippen MR) is 69.2 cm³/mol. The van der Waals surface area contributed by atoms with Crippen molar-refractivity contribution in [2.75, 3.05) is 18.1 Å². The lowest BCUT2D eigenvalue weighted by Gasteiger charge is -2.22. The van der Waals surface area contributed by atoms with Gasteiger partial charge in [-0.05, 0) is 24.6 Å². The van der Waals surface area contributed by atoms with E-state index in [0.29, 0.717) is 12.0 Å². The summed E-state index contributed by atoms with van der Waals surface area (Å²) < 4.78 is 13.1. The Morgan fingerprint density at radius 2 is 2.41 bits per heavy atom. The number of hydrogen-bond acceptors (Lipinski definition) is 3. The highest BCUT2D eigenvalue weighted by molar-refractivity contribution is 7.99. The molecule has 1 N–H and O–H groups in total. The fraction of sp³-hybridized carbons (Fsp3) is 0.462. The van der Waals surface area contributed by atoms with Crippen LogP contribution >= 0.6 is 11.8 Å². The maximum Gasteiger partial charge on any atom is 0.164 e. The zero-order valence-corrected chi connectivity index (χ0v) is 10.6. The highest BCUT2D eigenvalue weighted by Gasteiger charge is 2.19. The molecule has 92 valence electrons. The van der Waals surface area contributed by atoms with Crippen molar-refractivity contribution in [1.29, 1.82) is 0 Å². The lowest BCUT2D eigenvalue weighted by Crippen LogP contribution is -2.38. The zero-order chi connectivity index (χ0) is 12.3. The van der Waals surface area contributed by atoms with E-state index in [1.807, 2.05) is 18.7 Å².